The lowest BCUT2D eigenvalue weighted by Crippen LogP contribution is -2.37. The molecule has 0 aliphatic carbocycles. The molecule has 8 nitrogen and oxygen atoms in total. The Kier molecular flexibility index (Phi) is 6.99. The van der Waals surface area contributed by atoms with Crippen LogP contribution in [0.1, 0.15) is 22.8 Å². The molecule has 0 bridgehead atoms. The number of carbonyl (C=O) groups is 3. The van der Waals surface area contributed by atoms with Crippen LogP contribution in [0.15, 0.2) is 36.0 Å². The summed E-state index contributed by atoms with van der Waals surface area (Å²) in [6.45, 7) is 5.59. The van der Waals surface area contributed by atoms with Gasteiger partial charge in [0.2, 0.25) is 0 Å². The second-order valence-electron chi connectivity index (χ2n) is 4.17. The Bertz CT molecular complexity index is 640. The number of carbonyl (C=O) groups excluding carboxylic acids is 3. The van der Waals surface area contributed by atoms with Crippen LogP contribution in [-0.2, 0) is 9.59 Å². The molecule has 0 saturated carbocycles. The molecule has 0 fully saturated rings. The fraction of sp³-hybridized carbons (Fsp3) is 0.200. The van der Waals surface area contributed by atoms with Gasteiger partial charge in [-0.2, -0.15) is 5.10 Å². The number of carboxylic acid groups (broad SMARTS) is 1. The number of rotatable bonds is 7. The number of nitrogens with zero attached hydrogens (tertiary/aromatic N) is 1. The van der Waals surface area contributed by atoms with Crippen molar-refractivity contribution in [3.8, 4) is 5.75 Å². The van der Waals surface area contributed by atoms with Gasteiger partial charge in [-0.25, -0.2) is 5.43 Å². The zero-order valence-electron chi connectivity index (χ0n) is 12.5. The van der Waals surface area contributed by atoms with Crippen molar-refractivity contribution in [2.45, 2.75) is 6.92 Å². The SMILES string of the molecule is C=CCNC(=O)C(=O)N/N=C\c1ccc(OCC)c(C(=O)[O-])c1. The zero-order chi connectivity index (χ0) is 17.2. The van der Waals surface area contributed by atoms with Crippen LogP contribution in [0, 0.1) is 0 Å². The monoisotopic (exact) mass is 318 g/mol. The summed E-state index contributed by atoms with van der Waals surface area (Å²) in [7, 11) is 0. The van der Waals surface area contributed by atoms with E-state index in [-0.39, 0.29) is 17.9 Å². The van der Waals surface area contributed by atoms with Crippen molar-refractivity contribution in [1.29, 1.82) is 0 Å². The Labute approximate surface area is 132 Å². The average molecular weight is 318 g/mol. The minimum atomic E-state index is -1.39. The van der Waals surface area contributed by atoms with E-state index in [4.69, 9.17) is 4.74 Å². The molecule has 1 rings (SSSR count). The first-order valence-electron chi connectivity index (χ1n) is 6.69. The zero-order valence-corrected chi connectivity index (χ0v) is 12.5. The van der Waals surface area contributed by atoms with Gasteiger partial charge in [0.25, 0.3) is 0 Å². The summed E-state index contributed by atoms with van der Waals surface area (Å²) in [5, 5.41) is 16.9. The van der Waals surface area contributed by atoms with Crippen LogP contribution in [0.25, 0.3) is 0 Å². The summed E-state index contributed by atoms with van der Waals surface area (Å²) in [5.41, 5.74) is 2.27. The van der Waals surface area contributed by atoms with Crippen LogP contribution in [0.4, 0.5) is 0 Å². The number of amides is 2. The molecule has 0 unspecified atom stereocenters. The number of hydrazone groups is 1. The molecule has 0 aliphatic heterocycles. The molecule has 0 radical (unpaired) electrons. The number of aromatic carboxylic acids is 1. The maximum absolute atomic E-state index is 11.4. The fourth-order valence-electron chi connectivity index (χ4n) is 1.53. The first-order chi connectivity index (χ1) is 11.0. The van der Waals surface area contributed by atoms with Gasteiger partial charge >= 0.3 is 11.8 Å². The molecular formula is C15H16N3O5-. The van der Waals surface area contributed by atoms with Crippen molar-refractivity contribution in [1.82, 2.24) is 10.7 Å². The van der Waals surface area contributed by atoms with Gasteiger partial charge < -0.3 is 20.0 Å². The molecule has 1 aromatic rings. The first kappa shape index (κ1) is 17.9. The van der Waals surface area contributed by atoms with Gasteiger partial charge in [-0.15, -0.1) is 6.58 Å². The lowest BCUT2D eigenvalue weighted by atomic mass is 10.1. The van der Waals surface area contributed by atoms with Crippen LogP contribution >= 0.6 is 0 Å². The van der Waals surface area contributed by atoms with Gasteiger partial charge in [0.15, 0.2) is 0 Å². The molecule has 8 heteroatoms. The summed E-state index contributed by atoms with van der Waals surface area (Å²) in [4.78, 5) is 33.7. The van der Waals surface area contributed by atoms with E-state index in [1.165, 1.54) is 24.4 Å². The highest BCUT2D eigenvalue weighted by atomic mass is 16.5. The Morgan fingerprint density at radius 2 is 2.09 bits per heavy atom. The molecule has 0 spiro atoms. The van der Waals surface area contributed by atoms with Crippen molar-refractivity contribution in [3.05, 3.63) is 42.0 Å². The summed E-state index contributed by atoms with van der Waals surface area (Å²) in [6, 6.07) is 4.28. The fourth-order valence-corrected chi connectivity index (χ4v) is 1.53. The number of hydrogen-bond acceptors (Lipinski definition) is 6. The van der Waals surface area contributed by atoms with E-state index in [9.17, 15) is 19.5 Å². The Hall–Kier alpha value is -3.16. The second-order valence-corrected chi connectivity index (χ2v) is 4.17. The van der Waals surface area contributed by atoms with Gasteiger partial charge in [-0.05, 0) is 30.7 Å². The average Bonchev–Trinajstić information content (AvgIpc) is 2.53. The van der Waals surface area contributed by atoms with Crippen molar-refractivity contribution < 1.29 is 24.2 Å². The second kappa shape index (κ2) is 8.98. The van der Waals surface area contributed by atoms with E-state index >= 15 is 0 Å². The standard InChI is InChI=1S/C15H17N3O5/c1-3-7-16-13(19)14(20)18-17-9-10-5-6-12(23-4-2)11(8-10)15(21)22/h3,5-6,8-9H,1,4,7H2,2H3,(H,16,19)(H,18,20)(H,21,22)/p-1/b17-9-. The lowest BCUT2D eigenvalue weighted by Gasteiger charge is -2.11. The lowest BCUT2D eigenvalue weighted by molar-refractivity contribution is -0.255. The number of ether oxygens (including phenoxy) is 1. The smallest absolute Gasteiger partial charge is 0.329 e. The van der Waals surface area contributed by atoms with E-state index in [0.29, 0.717) is 12.2 Å². The molecule has 0 aromatic heterocycles. The van der Waals surface area contributed by atoms with E-state index in [2.05, 4.69) is 17.0 Å². The van der Waals surface area contributed by atoms with Crippen molar-refractivity contribution in [2.24, 2.45) is 5.10 Å². The molecule has 2 amide bonds. The van der Waals surface area contributed by atoms with Gasteiger partial charge in [-0.3, -0.25) is 9.59 Å². The van der Waals surface area contributed by atoms with Crippen molar-refractivity contribution in [2.75, 3.05) is 13.2 Å². The highest BCUT2D eigenvalue weighted by Crippen LogP contribution is 2.18. The molecule has 0 atom stereocenters. The minimum absolute atomic E-state index is 0.133. The van der Waals surface area contributed by atoms with E-state index in [1.54, 1.807) is 13.0 Å². The number of benzene rings is 1. The predicted octanol–water partition coefficient (Wildman–Crippen LogP) is -0.799. The molecule has 0 aliphatic rings. The third-order valence-corrected chi connectivity index (χ3v) is 2.52. The Morgan fingerprint density at radius 3 is 2.70 bits per heavy atom. The topological polar surface area (TPSA) is 120 Å². The van der Waals surface area contributed by atoms with Gasteiger partial charge in [0.1, 0.15) is 5.75 Å². The first-order valence-corrected chi connectivity index (χ1v) is 6.69. The highest BCUT2D eigenvalue weighted by molar-refractivity contribution is 6.35. The van der Waals surface area contributed by atoms with Crippen molar-refractivity contribution >= 4 is 24.0 Å². The quantitative estimate of drug-likeness (QED) is 0.295. The summed E-state index contributed by atoms with van der Waals surface area (Å²) in [5.74, 6) is -3.02. The minimum Gasteiger partial charge on any atom is -0.545 e. The summed E-state index contributed by atoms with van der Waals surface area (Å²) < 4.78 is 5.17. The maximum Gasteiger partial charge on any atom is 0.329 e. The summed E-state index contributed by atoms with van der Waals surface area (Å²) in [6.07, 6.45) is 2.62. The largest absolute Gasteiger partial charge is 0.545 e. The third-order valence-electron chi connectivity index (χ3n) is 2.52. The van der Waals surface area contributed by atoms with Crippen LogP contribution in [0.3, 0.4) is 0 Å². The van der Waals surface area contributed by atoms with Crippen LogP contribution in [0.5, 0.6) is 5.75 Å². The van der Waals surface area contributed by atoms with Gasteiger partial charge in [0.05, 0.1) is 18.8 Å². The summed E-state index contributed by atoms with van der Waals surface area (Å²) >= 11 is 0. The normalized spacial score (nSPS) is 10.1. The van der Waals surface area contributed by atoms with E-state index < -0.39 is 17.8 Å². The van der Waals surface area contributed by atoms with Crippen LogP contribution in [-0.4, -0.2) is 37.1 Å². The predicted molar refractivity (Wildman–Crippen MR) is 80.9 cm³/mol. The molecule has 0 heterocycles. The number of hydrogen-bond donors (Lipinski definition) is 2. The van der Waals surface area contributed by atoms with Crippen molar-refractivity contribution in [3.63, 3.8) is 0 Å². The molecule has 2 N–H and O–H groups in total. The van der Waals surface area contributed by atoms with Crippen LogP contribution in [0.2, 0.25) is 0 Å². The van der Waals surface area contributed by atoms with Gasteiger partial charge in [0, 0.05) is 12.1 Å². The molecule has 23 heavy (non-hydrogen) atoms. The Morgan fingerprint density at radius 1 is 1.35 bits per heavy atom. The highest BCUT2D eigenvalue weighted by Gasteiger charge is 2.10. The van der Waals surface area contributed by atoms with Gasteiger partial charge in [-0.1, -0.05) is 6.08 Å². The molecule has 122 valence electrons. The molecule has 0 saturated heterocycles. The van der Waals surface area contributed by atoms with Crippen LogP contribution < -0.4 is 20.6 Å². The van der Waals surface area contributed by atoms with E-state index in [0.717, 1.165) is 0 Å². The molecule has 1 aromatic carbocycles. The molecular weight excluding hydrogens is 302 g/mol. The maximum atomic E-state index is 11.4. The Balaban J connectivity index is 2.75. The third kappa shape index (κ3) is 5.62. The number of carboxylic acids is 1. The van der Waals surface area contributed by atoms with E-state index in [1.807, 2.05) is 5.43 Å². The number of nitrogens with one attached hydrogen (secondary N) is 2.